The van der Waals surface area contributed by atoms with Crippen molar-refractivity contribution in [1.82, 2.24) is 4.98 Å². The number of rotatable bonds is 8. The van der Waals surface area contributed by atoms with Gasteiger partial charge in [0.15, 0.2) is 8.32 Å². The summed E-state index contributed by atoms with van der Waals surface area (Å²) in [7, 11) is -2.25. The van der Waals surface area contributed by atoms with Gasteiger partial charge in [-0.3, -0.25) is 0 Å². The van der Waals surface area contributed by atoms with Gasteiger partial charge in [-0.2, -0.15) is 0 Å². The summed E-state index contributed by atoms with van der Waals surface area (Å²) in [5.74, 6) is 0. The Kier molecular flexibility index (Phi) is 14.2. The van der Waals surface area contributed by atoms with Crippen molar-refractivity contribution in [3.8, 4) is 0 Å². The van der Waals surface area contributed by atoms with Crippen molar-refractivity contribution in [2.45, 2.75) is 65.3 Å². The van der Waals surface area contributed by atoms with Crippen molar-refractivity contribution in [3.63, 3.8) is 0 Å². The van der Waals surface area contributed by atoms with E-state index in [2.05, 4.69) is 137 Å². The maximum atomic E-state index is 6.47. The van der Waals surface area contributed by atoms with E-state index in [4.69, 9.17) is 16.0 Å². The van der Waals surface area contributed by atoms with Crippen LogP contribution in [-0.4, -0.2) is 19.4 Å². The van der Waals surface area contributed by atoms with Crippen molar-refractivity contribution in [3.05, 3.63) is 112 Å². The molecule has 7 heteroatoms. The molecule has 0 aliphatic carbocycles. The first-order valence-corrected chi connectivity index (χ1v) is 18.9. The van der Waals surface area contributed by atoms with Gasteiger partial charge in [0.25, 0.3) is 0 Å². The summed E-state index contributed by atoms with van der Waals surface area (Å²) < 4.78 is 6.41. The highest BCUT2D eigenvalue weighted by Gasteiger charge is 2.39. The van der Waals surface area contributed by atoms with Crippen LogP contribution in [0.4, 0.5) is 0 Å². The normalized spacial score (nSPS) is 12.8. The molecule has 4 aromatic rings. The zero-order valence-electron chi connectivity index (χ0n) is 24.6. The van der Waals surface area contributed by atoms with E-state index >= 15 is 0 Å². The van der Waals surface area contributed by atoms with Gasteiger partial charge in [-0.1, -0.05) is 130 Å². The van der Waals surface area contributed by atoms with Crippen LogP contribution in [-0.2, 0) is 4.43 Å². The Hall–Kier alpha value is -1.34. The molecular formula is C33H42ClINOPSSi. The molecule has 0 fully saturated rings. The molecular weight excluding hydrogens is 680 g/mol. The van der Waals surface area contributed by atoms with Gasteiger partial charge in [0.05, 0.1) is 16.8 Å². The van der Waals surface area contributed by atoms with Gasteiger partial charge in [-0.25, -0.2) is 4.98 Å². The molecule has 0 amide bonds. The van der Waals surface area contributed by atoms with Gasteiger partial charge >= 0.3 is 0 Å². The highest BCUT2D eigenvalue weighted by molar-refractivity contribution is 14.0. The number of hydrogen-bond donors (Lipinski definition) is 0. The topological polar surface area (TPSA) is 22.1 Å². The molecule has 0 spiro atoms. The quantitative estimate of drug-likeness (QED) is 0.103. The van der Waals surface area contributed by atoms with Crippen LogP contribution in [0.3, 0.4) is 0 Å². The van der Waals surface area contributed by atoms with E-state index in [0.717, 1.165) is 22.2 Å². The van der Waals surface area contributed by atoms with Gasteiger partial charge in [0.2, 0.25) is 0 Å². The van der Waals surface area contributed by atoms with Crippen LogP contribution in [0.1, 0.15) is 44.8 Å². The first kappa shape index (κ1) is 34.9. The number of aromatic nitrogens is 1. The van der Waals surface area contributed by atoms with E-state index in [1.54, 1.807) is 11.3 Å². The van der Waals surface area contributed by atoms with Crippen molar-refractivity contribution >= 4 is 85.1 Å². The average Bonchev–Trinajstić information content (AvgIpc) is 3.33. The third-order valence-corrected chi connectivity index (χ3v) is 15.0. The Labute approximate surface area is 270 Å². The summed E-state index contributed by atoms with van der Waals surface area (Å²) in [5, 5.41) is 8.22. The van der Waals surface area contributed by atoms with Crippen molar-refractivity contribution < 1.29 is 4.43 Å². The van der Waals surface area contributed by atoms with Crippen molar-refractivity contribution in [2.75, 3.05) is 0 Å². The van der Waals surface area contributed by atoms with E-state index in [9.17, 15) is 0 Å². The number of halogens is 2. The monoisotopic (exact) mass is 721 g/mol. The molecule has 0 aliphatic rings. The molecule has 0 aliphatic heterocycles. The molecule has 4 rings (SSSR count). The van der Waals surface area contributed by atoms with E-state index in [0.29, 0.717) is 0 Å². The van der Waals surface area contributed by atoms with Crippen molar-refractivity contribution in [1.29, 1.82) is 0 Å². The molecule has 2 nitrogen and oxygen atoms in total. The van der Waals surface area contributed by atoms with Gasteiger partial charge in [0, 0.05) is 10.4 Å². The number of aryl methyl sites for hydroxylation is 1. The summed E-state index contributed by atoms with van der Waals surface area (Å²) in [4.78, 5) is 4.43. The Balaban J connectivity index is 0.000000273. The Bertz CT molecular complexity index is 1220. The lowest BCUT2D eigenvalue weighted by atomic mass is 10.2. The highest BCUT2D eigenvalue weighted by atomic mass is 127. The molecule has 3 aromatic carbocycles. The zero-order valence-corrected chi connectivity index (χ0v) is 30.4. The van der Waals surface area contributed by atoms with Crippen LogP contribution < -0.4 is 15.9 Å². The maximum Gasteiger partial charge on any atom is 0.192 e. The molecule has 0 bridgehead atoms. The molecule has 0 saturated heterocycles. The zero-order chi connectivity index (χ0) is 28.5. The van der Waals surface area contributed by atoms with Gasteiger partial charge in [-0.05, 0) is 61.4 Å². The van der Waals surface area contributed by atoms with Gasteiger partial charge < -0.3 is 4.43 Å². The fourth-order valence-electron chi connectivity index (χ4n) is 3.73. The molecule has 1 aromatic heterocycles. The first-order chi connectivity index (χ1) is 18.5. The highest BCUT2D eigenvalue weighted by Crippen LogP contribution is 2.39. The van der Waals surface area contributed by atoms with Crippen LogP contribution in [0, 0.1) is 6.92 Å². The second-order valence-electron chi connectivity index (χ2n) is 10.9. The number of benzene rings is 3. The van der Waals surface area contributed by atoms with Crippen LogP contribution in [0.25, 0.3) is 6.08 Å². The smallest absolute Gasteiger partial charge is 0.192 e. The van der Waals surface area contributed by atoms with Gasteiger partial charge in [0.1, 0.15) is 0 Å². The lowest BCUT2D eigenvalue weighted by Gasteiger charge is -2.39. The molecule has 0 unspecified atom stereocenters. The SMILES string of the molecule is CC[C@H](O[Si](C)(C)C(C)(C)C)/C(Cl)=C/c1csc(C)n1.I.c1ccc(P(c2ccccc2)c2ccccc2)cc1. The molecule has 0 saturated carbocycles. The Morgan fingerprint density at radius 2 is 1.32 bits per heavy atom. The number of hydrogen-bond acceptors (Lipinski definition) is 3. The van der Waals surface area contributed by atoms with E-state index in [-0.39, 0.29) is 35.1 Å². The largest absolute Gasteiger partial charge is 0.409 e. The second-order valence-corrected chi connectivity index (χ2v) is 19.4. The van der Waals surface area contributed by atoms with Gasteiger partial charge in [-0.15, -0.1) is 35.3 Å². The van der Waals surface area contributed by atoms with Crippen LogP contribution >= 0.6 is 54.8 Å². The third kappa shape index (κ3) is 10.2. The predicted octanol–water partition coefficient (Wildman–Crippen LogP) is 9.89. The molecule has 0 N–H and O–H groups in total. The summed E-state index contributed by atoms with van der Waals surface area (Å²) >= 11 is 8.11. The minimum Gasteiger partial charge on any atom is -0.409 e. The van der Waals surface area contributed by atoms with Crippen LogP contribution in [0.2, 0.25) is 18.1 Å². The molecule has 0 radical (unpaired) electrons. The summed E-state index contributed by atoms with van der Waals surface area (Å²) in [6, 6.07) is 32.3. The standard InChI is InChI=1S/C18H15P.C15H26ClNOSSi.HI/c1-4-10-16(11-5-1)19(17-12-6-2-7-13-17)18-14-8-3-9-15-18;1-8-14(18-20(6,7)15(3,4)5)13(16)9-12-10-19-11(2)17-12;/h1-15H;9-10,14H,8H2,1-7H3;1H/b;13-9-;/t;14-;/m.0./s1. The number of nitrogens with zero attached hydrogens (tertiary/aromatic N) is 1. The van der Waals surface area contributed by atoms with Crippen LogP contribution in [0.15, 0.2) is 101 Å². The lowest BCUT2D eigenvalue weighted by Crippen LogP contribution is -2.43. The fourth-order valence-corrected chi connectivity index (χ4v) is 8.35. The second kappa shape index (κ2) is 16.3. The third-order valence-electron chi connectivity index (χ3n) is 6.89. The molecule has 1 atom stereocenters. The minimum absolute atomic E-state index is 0. The van der Waals surface area contributed by atoms with E-state index < -0.39 is 16.2 Å². The molecule has 40 heavy (non-hydrogen) atoms. The van der Waals surface area contributed by atoms with Crippen LogP contribution in [0.5, 0.6) is 0 Å². The first-order valence-electron chi connectivity index (χ1n) is 13.4. The molecule has 1 heterocycles. The molecule has 214 valence electrons. The predicted molar refractivity (Wildman–Crippen MR) is 194 cm³/mol. The lowest BCUT2D eigenvalue weighted by molar-refractivity contribution is 0.217. The summed E-state index contributed by atoms with van der Waals surface area (Å²) in [6.45, 7) is 15.4. The summed E-state index contributed by atoms with van der Waals surface area (Å²) in [5.41, 5.74) is 0.926. The average molecular weight is 722 g/mol. The fraction of sp³-hybridized carbons (Fsp3) is 0.303. The van der Waals surface area contributed by atoms with E-state index in [1.165, 1.54) is 15.9 Å². The Morgan fingerprint density at radius 1 is 0.900 bits per heavy atom. The Morgan fingerprint density at radius 3 is 1.65 bits per heavy atom. The van der Waals surface area contributed by atoms with E-state index in [1.807, 2.05) is 18.4 Å². The summed E-state index contributed by atoms with van der Waals surface area (Å²) in [6.07, 6.45) is 2.79. The maximum absolute atomic E-state index is 6.47. The minimum atomic E-state index is -1.81. The number of thiazole rings is 1. The van der Waals surface area contributed by atoms with Crippen molar-refractivity contribution in [2.24, 2.45) is 0 Å².